The number of pyridine rings is 1. The van der Waals surface area contributed by atoms with Crippen LogP contribution >= 0.6 is 27.5 Å². The smallest absolute Gasteiger partial charge is 0.234 e. The van der Waals surface area contributed by atoms with Gasteiger partial charge in [-0.1, -0.05) is 11.6 Å². The van der Waals surface area contributed by atoms with Crippen LogP contribution in [0, 0.1) is 11.3 Å². The molecule has 0 N–H and O–H groups in total. The highest BCUT2D eigenvalue weighted by Crippen LogP contribution is 2.28. The maximum atomic E-state index is 12.2. The molecule has 0 atom stereocenters. The summed E-state index contributed by atoms with van der Waals surface area (Å²) >= 11 is 8.54. The summed E-state index contributed by atoms with van der Waals surface area (Å²) in [5.41, 5.74) is -0.667. The molecule has 0 unspecified atom stereocenters. The first-order valence-electron chi connectivity index (χ1n) is 3.10. The molecule has 1 aromatic heterocycles. The third kappa shape index (κ3) is 2.14. The molecule has 0 aliphatic carbocycles. The molecule has 13 heavy (non-hydrogen) atoms. The van der Waals surface area contributed by atoms with Crippen molar-refractivity contribution in [3.05, 3.63) is 26.9 Å². The van der Waals surface area contributed by atoms with E-state index in [2.05, 4.69) is 20.9 Å². The van der Waals surface area contributed by atoms with Crippen molar-refractivity contribution < 1.29 is 8.78 Å². The second-order valence-corrected chi connectivity index (χ2v) is 3.34. The number of nitriles is 1. The van der Waals surface area contributed by atoms with Gasteiger partial charge in [0.25, 0.3) is 6.43 Å². The Morgan fingerprint density at radius 2 is 2.23 bits per heavy atom. The molecule has 0 amide bonds. The van der Waals surface area contributed by atoms with Crippen LogP contribution in [0.1, 0.15) is 17.8 Å². The predicted octanol–water partition coefficient (Wildman–Crippen LogP) is 3.31. The Balaban J connectivity index is 3.32. The van der Waals surface area contributed by atoms with Crippen molar-refractivity contribution in [1.82, 2.24) is 4.98 Å². The van der Waals surface area contributed by atoms with E-state index in [1.54, 1.807) is 6.07 Å². The highest BCUT2D eigenvalue weighted by atomic mass is 79.9. The zero-order valence-electron chi connectivity index (χ0n) is 6.06. The number of aromatic nitrogens is 1. The second kappa shape index (κ2) is 3.99. The molecule has 2 nitrogen and oxygen atoms in total. The molecule has 0 saturated carbocycles. The standard InChI is InChI=1S/C7H2BrClF2N2/c8-3-1-4(7(10)11)13-5(2-12)6(3)9/h1,7H. The summed E-state index contributed by atoms with van der Waals surface area (Å²) in [6, 6.07) is 2.72. The van der Waals surface area contributed by atoms with Crippen molar-refractivity contribution in [3.63, 3.8) is 0 Å². The summed E-state index contributed by atoms with van der Waals surface area (Å²) in [6.45, 7) is 0. The van der Waals surface area contributed by atoms with Crippen LogP contribution in [0.3, 0.4) is 0 Å². The zero-order valence-corrected chi connectivity index (χ0v) is 8.40. The van der Waals surface area contributed by atoms with E-state index in [9.17, 15) is 8.78 Å². The van der Waals surface area contributed by atoms with E-state index in [1.165, 1.54) is 0 Å². The molecule has 0 aromatic carbocycles. The summed E-state index contributed by atoms with van der Waals surface area (Å²) < 4.78 is 24.6. The SMILES string of the molecule is N#Cc1nc(C(F)F)cc(Br)c1Cl. The molecule has 1 rings (SSSR count). The van der Waals surface area contributed by atoms with E-state index < -0.39 is 12.1 Å². The number of halogens is 4. The van der Waals surface area contributed by atoms with E-state index in [0.717, 1.165) is 6.07 Å². The number of hydrogen-bond donors (Lipinski definition) is 0. The summed E-state index contributed by atoms with van der Waals surface area (Å²) in [7, 11) is 0. The lowest BCUT2D eigenvalue weighted by Crippen LogP contribution is -1.94. The quantitative estimate of drug-likeness (QED) is 0.783. The van der Waals surface area contributed by atoms with E-state index in [1.807, 2.05) is 0 Å². The minimum atomic E-state index is -2.71. The van der Waals surface area contributed by atoms with Crippen molar-refractivity contribution in [2.75, 3.05) is 0 Å². The van der Waals surface area contributed by atoms with Gasteiger partial charge in [0.15, 0.2) is 5.69 Å². The third-order valence-electron chi connectivity index (χ3n) is 1.26. The first-order valence-corrected chi connectivity index (χ1v) is 4.27. The molecule has 1 heterocycles. The lowest BCUT2D eigenvalue weighted by Gasteiger charge is -2.02. The minimum absolute atomic E-state index is 0.0481. The number of alkyl halides is 2. The minimum Gasteiger partial charge on any atom is -0.234 e. The monoisotopic (exact) mass is 266 g/mol. The fourth-order valence-electron chi connectivity index (χ4n) is 0.703. The summed E-state index contributed by atoms with van der Waals surface area (Å²) in [5, 5.41) is 8.53. The molecule has 0 fully saturated rings. The van der Waals surface area contributed by atoms with Gasteiger partial charge in [-0.2, -0.15) is 5.26 Å². The maximum Gasteiger partial charge on any atom is 0.280 e. The molecule has 0 aliphatic heterocycles. The molecular weight excluding hydrogens is 265 g/mol. The van der Waals surface area contributed by atoms with Gasteiger partial charge in [0.2, 0.25) is 0 Å². The topological polar surface area (TPSA) is 36.7 Å². The first kappa shape index (κ1) is 10.4. The van der Waals surface area contributed by atoms with Gasteiger partial charge in [0.05, 0.1) is 5.02 Å². The second-order valence-electron chi connectivity index (χ2n) is 2.10. The first-order chi connectivity index (χ1) is 6.06. The van der Waals surface area contributed by atoms with Gasteiger partial charge >= 0.3 is 0 Å². The fourth-order valence-corrected chi connectivity index (χ4v) is 1.26. The number of hydrogen-bond acceptors (Lipinski definition) is 2. The molecule has 6 heteroatoms. The Morgan fingerprint density at radius 1 is 1.62 bits per heavy atom. The molecule has 0 bridgehead atoms. The normalized spacial score (nSPS) is 10.2. The Hall–Kier alpha value is -0.730. The van der Waals surface area contributed by atoms with Gasteiger partial charge in [-0.15, -0.1) is 0 Å². The van der Waals surface area contributed by atoms with Crippen LogP contribution in [-0.4, -0.2) is 4.98 Å². The molecule has 68 valence electrons. The number of rotatable bonds is 1. The van der Waals surface area contributed by atoms with Gasteiger partial charge in [-0.3, -0.25) is 0 Å². The van der Waals surface area contributed by atoms with Crippen LogP contribution in [0.15, 0.2) is 10.5 Å². The molecule has 0 saturated heterocycles. The largest absolute Gasteiger partial charge is 0.280 e. The van der Waals surface area contributed by atoms with Crippen LogP contribution in [0.5, 0.6) is 0 Å². The Morgan fingerprint density at radius 3 is 2.69 bits per heavy atom. The van der Waals surface area contributed by atoms with Crippen molar-refractivity contribution in [3.8, 4) is 6.07 Å². The Bertz CT molecular complexity index is 375. The van der Waals surface area contributed by atoms with Crippen LogP contribution in [0.25, 0.3) is 0 Å². The van der Waals surface area contributed by atoms with Crippen LogP contribution in [0.2, 0.25) is 5.02 Å². The molecular formula is C7H2BrClF2N2. The lowest BCUT2D eigenvalue weighted by molar-refractivity contribution is 0.146. The van der Waals surface area contributed by atoms with Gasteiger partial charge < -0.3 is 0 Å². The van der Waals surface area contributed by atoms with E-state index >= 15 is 0 Å². The van der Waals surface area contributed by atoms with Crippen molar-refractivity contribution in [1.29, 1.82) is 5.26 Å². The van der Waals surface area contributed by atoms with Crippen LogP contribution < -0.4 is 0 Å². The molecule has 0 radical (unpaired) electrons. The number of nitrogens with zero attached hydrogens (tertiary/aromatic N) is 2. The molecule has 0 aliphatic rings. The lowest BCUT2D eigenvalue weighted by atomic mass is 10.3. The van der Waals surface area contributed by atoms with Crippen LogP contribution in [-0.2, 0) is 0 Å². The van der Waals surface area contributed by atoms with Gasteiger partial charge in [0, 0.05) is 4.47 Å². The zero-order chi connectivity index (χ0) is 10.0. The Labute approximate surface area is 86.3 Å². The van der Waals surface area contributed by atoms with Gasteiger partial charge in [-0.05, 0) is 22.0 Å². The highest BCUT2D eigenvalue weighted by molar-refractivity contribution is 9.10. The molecule has 0 spiro atoms. The van der Waals surface area contributed by atoms with Crippen molar-refractivity contribution >= 4 is 27.5 Å². The molecule has 1 aromatic rings. The maximum absolute atomic E-state index is 12.2. The average molecular weight is 267 g/mol. The van der Waals surface area contributed by atoms with E-state index in [4.69, 9.17) is 16.9 Å². The van der Waals surface area contributed by atoms with Crippen LogP contribution in [0.4, 0.5) is 8.78 Å². The van der Waals surface area contributed by atoms with Gasteiger partial charge in [-0.25, -0.2) is 13.8 Å². The summed E-state index contributed by atoms with van der Waals surface area (Å²) in [5.74, 6) is 0. The fraction of sp³-hybridized carbons (Fsp3) is 0.143. The van der Waals surface area contributed by atoms with E-state index in [0.29, 0.717) is 0 Å². The Kier molecular flexibility index (Phi) is 3.17. The summed E-state index contributed by atoms with van der Waals surface area (Å²) in [6.07, 6.45) is -2.71. The highest BCUT2D eigenvalue weighted by Gasteiger charge is 2.14. The average Bonchev–Trinajstić information content (AvgIpc) is 2.09. The summed E-state index contributed by atoms with van der Waals surface area (Å²) in [4.78, 5) is 3.38. The predicted molar refractivity (Wildman–Crippen MR) is 46.6 cm³/mol. The van der Waals surface area contributed by atoms with E-state index in [-0.39, 0.29) is 15.2 Å². The van der Waals surface area contributed by atoms with Crippen molar-refractivity contribution in [2.24, 2.45) is 0 Å². The van der Waals surface area contributed by atoms with Gasteiger partial charge in [0.1, 0.15) is 11.8 Å². The third-order valence-corrected chi connectivity index (χ3v) is 2.50. The van der Waals surface area contributed by atoms with Crippen molar-refractivity contribution in [2.45, 2.75) is 6.43 Å².